The molecule has 0 aliphatic rings. The fraction of sp³-hybridized carbons (Fsp3) is 0.0164. The Morgan fingerprint density at radius 3 is 0.465 bits per heavy atom. The Morgan fingerprint density at radius 2 is 0.248 bits per heavy atom. The van der Waals surface area contributed by atoms with Gasteiger partial charge in [-0.25, -0.2) is 176 Å². The van der Waals surface area contributed by atoms with Crippen molar-refractivity contribution in [3.8, 4) is 100 Å². The van der Waals surface area contributed by atoms with Crippen LogP contribution in [-0.2, 0) is 0 Å². The van der Waals surface area contributed by atoms with Crippen LogP contribution in [0.15, 0.2) is 6.07 Å². The van der Waals surface area contributed by atoms with Crippen molar-refractivity contribution < 1.29 is 176 Å². The first-order chi connectivity index (χ1) is 46.8. The minimum atomic E-state index is -4.14. The third-order valence-electron chi connectivity index (χ3n) is 15.0. The molecule has 0 nitrogen and oxygen atoms in total. The van der Waals surface area contributed by atoms with E-state index in [-0.39, 0.29) is 6.92 Å². The van der Waals surface area contributed by atoms with Crippen LogP contribution < -0.4 is 0 Å². The molecule has 10 rings (SSSR count). The van der Waals surface area contributed by atoms with Gasteiger partial charge in [0.15, 0.2) is 163 Å². The SMILES string of the molecule is Cc1c(F)c(-c2c(F)c(-c3c(F)c(F)c(-c4c(F)c(F)c(F)c(F)c4F)c(F)c3F)c(F)c(-c3c(F)c(-c4cc(F)c(-c5c(F)c(F)c(F)c(F)c5F)c(F)c4F)c(F)c(-c4c(F)c(F)c(-c5c(F)c(F)c(F)c(F)c5F)c(F)c4F)c3F)c2F)c(F)c(F)c1-c1c(F)c(F)c(F)c(F)c1F. The minimum Gasteiger partial charge on any atom is -0.206 e. The van der Waals surface area contributed by atoms with Crippen LogP contribution in [0.25, 0.3) is 100 Å². The van der Waals surface area contributed by atoms with Crippen molar-refractivity contribution in [3.63, 3.8) is 0 Å². The number of rotatable bonds is 9. The van der Waals surface area contributed by atoms with Crippen molar-refractivity contribution in [3.05, 3.63) is 244 Å². The molecule has 40 heteroatoms. The average Bonchev–Trinajstić information content (AvgIpc) is 0.706. The Bertz CT molecular complexity index is 5110. The molecule has 101 heavy (non-hydrogen) atoms. The summed E-state index contributed by atoms with van der Waals surface area (Å²) in [5.74, 6) is -143. The lowest BCUT2D eigenvalue weighted by Crippen LogP contribution is -2.15. The van der Waals surface area contributed by atoms with Gasteiger partial charge in [-0.15, -0.1) is 0 Å². The van der Waals surface area contributed by atoms with E-state index in [0.29, 0.717) is 0 Å². The topological polar surface area (TPSA) is 0 Å². The lowest BCUT2D eigenvalue weighted by molar-refractivity contribution is 0.379. The molecule has 0 N–H and O–H groups in total. The fourth-order valence-corrected chi connectivity index (χ4v) is 10.4. The Balaban J connectivity index is 1.46. The molecule has 0 saturated carbocycles. The first kappa shape index (κ1) is 73.1. The molecule has 0 aliphatic heterocycles. The summed E-state index contributed by atoms with van der Waals surface area (Å²) in [6.07, 6.45) is 0. The molecule has 0 fully saturated rings. The highest BCUT2D eigenvalue weighted by atomic mass is 19.2. The molecule has 0 heterocycles. The van der Waals surface area contributed by atoms with Crippen molar-refractivity contribution in [2.45, 2.75) is 6.92 Å². The van der Waals surface area contributed by atoms with E-state index in [0.717, 1.165) is 0 Å². The first-order valence-electron chi connectivity index (χ1n) is 25.4. The molecule has 0 atom stereocenters. The van der Waals surface area contributed by atoms with Crippen LogP contribution in [0.5, 0.6) is 0 Å². The maximum Gasteiger partial charge on any atom is 0.200 e. The summed E-state index contributed by atoms with van der Waals surface area (Å²) in [6.45, 7) is -0.279. The highest BCUT2D eigenvalue weighted by molar-refractivity contribution is 5.92. The average molecular weight is 1500 g/mol. The number of benzene rings is 10. The van der Waals surface area contributed by atoms with Gasteiger partial charge in [-0.2, -0.15) is 0 Å². The Morgan fingerprint density at radius 1 is 0.119 bits per heavy atom. The van der Waals surface area contributed by atoms with Crippen LogP contribution >= 0.6 is 0 Å². The number of halogens is 40. The van der Waals surface area contributed by atoms with Crippen LogP contribution in [-0.4, -0.2) is 0 Å². The van der Waals surface area contributed by atoms with Gasteiger partial charge in [0.25, 0.3) is 0 Å². The fourth-order valence-electron chi connectivity index (χ4n) is 10.4. The molecular weight excluding hydrogens is 1490 g/mol. The van der Waals surface area contributed by atoms with Crippen LogP contribution in [0.3, 0.4) is 0 Å². The molecule has 528 valence electrons. The summed E-state index contributed by atoms with van der Waals surface area (Å²) >= 11 is 0. The zero-order valence-corrected chi connectivity index (χ0v) is 46.2. The van der Waals surface area contributed by atoms with Gasteiger partial charge in [0.05, 0.1) is 89.0 Å². The zero-order chi connectivity index (χ0) is 75.8. The monoisotopic (exact) mass is 1500 g/mol. The van der Waals surface area contributed by atoms with Gasteiger partial charge in [0.1, 0.15) is 46.5 Å². The van der Waals surface area contributed by atoms with E-state index >= 15 is 123 Å². The predicted octanol–water partition coefficient (Wildman–Crippen LogP) is 22.6. The van der Waals surface area contributed by atoms with Crippen LogP contribution in [0.1, 0.15) is 5.56 Å². The van der Waals surface area contributed by atoms with E-state index in [4.69, 9.17) is 0 Å². The van der Waals surface area contributed by atoms with Gasteiger partial charge >= 0.3 is 0 Å². The Kier molecular flexibility index (Phi) is 18.1. The summed E-state index contributed by atoms with van der Waals surface area (Å²) in [4.78, 5) is 0. The Labute approximate surface area is 526 Å². The van der Waals surface area contributed by atoms with Crippen molar-refractivity contribution in [1.82, 2.24) is 0 Å². The minimum absolute atomic E-state index is 0.279. The lowest BCUT2D eigenvalue weighted by atomic mass is 9.84. The Hall–Kier alpha value is -10.6. The standard InChI is InChI=1S/C61H4F40/c1-3-6(9-42(82)50(90)58(98)51(91)43(9)83)31(71)33(73)11(23(3)63)12-27(67)14(30(70)16(28(12)68)18-36(76)40(80)20(41(81)37(18)77)22-48(88)56(96)61(101)57(97)49(22)89)13-25(65)7(4-2-5(62)8(32(72)24(4)64)10-44(84)52(92)59(99)53(93)45(10)85)26(66)15(29(13)69)17-34(74)38(78)19(39(79)35(17)75)21-46(86)54(94)60(100)55(95)47(21)87/h2H,1H3. The van der Waals surface area contributed by atoms with E-state index in [2.05, 4.69) is 0 Å². The van der Waals surface area contributed by atoms with Crippen LogP contribution in [0.4, 0.5) is 176 Å². The van der Waals surface area contributed by atoms with E-state index in [9.17, 15) is 52.7 Å². The van der Waals surface area contributed by atoms with Crippen LogP contribution in [0.2, 0.25) is 0 Å². The van der Waals surface area contributed by atoms with E-state index in [1.807, 2.05) is 0 Å². The smallest absolute Gasteiger partial charge is 0.200 e. The molecule has 10 aromatic carbocycles. The molecule has 0 spiro atoms. The number of hydrogen-bond donors (Lipinski definition) is 0. The third kappa shape index (κ3) is 9.99. The predicted molar refractivity (Wildman–Crippen MR) is 258 cm³/mol. The molecule has 0 radical (unpaired) electrons. The molecule has 0 aromatic heterocycles. The van der Waals surface area contributed by atoms with E-state index in [1.54, 1.807) is 0 Å². The maximum atomic E-state index is 17.9. The van der Waals surface area contributed by atoms with E-state index < -0.39 is 344 Å². The molecule has 0 bridgehead atoms. The third-order valence-corrected chi connectivity index (χ3v) is 15.0. The summed E-state index contributed by atoms with van der Waals surface area (Å²) in [5.41, 5.74) is -62.9. The summed E-state index contributed by atoms with van der Waals surface area (Å²) in [6, 6.07) is -1.29. The first-order valence-corrected chi connectivity index (χ1v) is 25.4. The van der Waals surface area contributed by atoms with Crippen LogP contribution in [0, 0.1) is 240 Å². The van der Waals surface area contributed by atoms with Gasteiger partial charge in [-0.1, -0.05) is 0 Å². The maximum absolute atomic E-state index is 17.9. The van der Waals surface area contributed by atoms with Gasteiger partial charge in [-0.3, -0.25) is 0 Å². The highest BCUT2D eigenvalue weighted by Crippen LogP contribution is 2.54. The summed E-state index contributed by atoms with van der Waals surface area (Å²) < 4.78 is 630. The summed E-state index contributed by atoms with van der Waals surface area (Å²) in [5, 5.41) is 0. The van der Waals surface area contributed by atoms with Gasteiger partial charge in [0.2, 0.25) is 23.3 Å². The van der Waals surface area contributed by atoms with Crippen molar-refractivity contribution in [2.24, 2.45) is 0 Å². The summed E-state index contributed by atoms with van der Waals surface area (Å²) in [7, 11) is 0. The normalized spacial score (nSPS) is 11.8. The molecule has 0 amide bonds. The quantitative estimate of drug-likeness (QED) is 0.0768. The van der Waals surface area contributed by atoms with Gasteiger partial charge in [-0.05, 0) is 18.6 Å². The van der Waals surface area contributed by atoms with Gasteiger partial charge < -0.3 is 0 Å². The lowest BCUT2D eigenvalue weighted by Gasteiger charge is -2.23. The van der Waals surface area contributed by atoms with Gasteiger partial charge in [0, 0.05) is 11.1 Å². The highest BCUT2D eigenvalue weighted by Gasteiger charge is 2.46. The second-order valence-electron chi connectivity index (χ2n) is 20.2. The molecule has 0 aliphatic carbocycles. The van der Waals surface area contributed by atoms with E-state index in [1.165, 1.54) is 0 Å². The molecule has 10 aromatic rings. The second-order valence-corrected chi connectivity index (χ2v) is 20.2. The largest absolute Gasteiger partial charge is 0.206 e. The second kappa shape index (κ2) is 24.9. The van der Waals surface area contributed by atoms with Crippen molar-refractivity contribution in [2.75, 3.05) is 0 Å². The van der Waals surface area contributed by atoms with Crippen molar-refractivity contribution in [1.29, 1.82) is 0 Å². The molecular formula is C61H4F40. The molecule has 0 saturated heterocycles. The van der Waals surface area contributed by atoms with Crippen molar-refractivity contribution >= 4 is 0 Å². The zero-order valence-electron chi connectivity index (χ0n) is 46.2. The molecule has 0 unspecified atom stereocenters. The number of hydrogen-bond acceptors (Lipinski definition) is 0.